The summed E-state index contributed by atoms with van der Waals surface area (Å²) in [6.07, 6.45) is 3.24. The van der Waals surface area contributed by atoms with E-state index < -0.39 is 10.0 Å². The third-order valence-corrected chi connectivity index (χ3v) is 8.13. The maximum absolute atomic E-state index is 13.2. The third-order valence-electron chi connectivity index (χ3n) is 6.23. The van der Waals surface area contributed by atoms with Crippen molar-refractivity contribution in [1.82, 2.24) is 9.29 Å². The lowest BCUT2D eigenvalue weighted by Crippen LogP contribution is -2.41. The summed E-state index contributed by atoms with van der Waals surface area (Å²) in [7, 11) is -3.67. The number of fused-ring (bicyclic) bond motifs is 1. The lowest BCUT2D eigenvalue weighted by molar-refractivity contribution is -0.121. The highest BCUT2D eigenvalue weighted by Gasteiger charge is 2.34. The topological polar surface area (TPSA) is 99.7 Å². The Balaban J connectivity index is 1.42. The molecule has 2 amide bonds. The third kappa shape index (κ3) is 4.27. The van der Waals surface area contributed by atoms with E-state index in [-0.39, 0.29) is 41.8 Å². The fraction of sp³-hybridized carbons (Fsp3) is 0.435. The van der Waals surface area contributed by atoms with Crippen molar-refractivity contribution in [2.45, 2.75) is 51.0 Å². The normalized spacial score (nSPS) is 19.6. The molecule has 4 rings (SSSR count). The average molecular weight is 457 g/mol. The Morgan fingerprint density at radius 3 is 2.47 bits per heavy atom. The quantitative estimate of drug-likeness (QED) is 0.763. The second-order valence-corrected chi connectivity index (χ2v) is 10.6. The van der Waals surface area contributed by atoms with Gasteiger partial charge in [0.05, 0.1) is 4.90 Å². The highest BCUT2D eigenvalue weighted by atomic mass is 32.2. The van der Waals surface area contributed by atoms with E-state index in [0.29, 0.717) is 25.1 Å². The van der Waals surface area contributed by atoms with Gasteiger partial charge in [-0.05, 0) is 68.5 Å². The van der Waals surface area contributed by atoms with Crippen molar-refractivity contribution in [3.8, 4) is 0 Å². The van der Waals surface area contributed by atoms with Crippen molar-refractivity contribution in [2.24, 2.45) is 5.92 Å². The molecule has 32 heavy (non-hydrogen) atoms. The number of amides is 2. The predicted octanol–water partition coefficient (Wildman–Crippen LogP) is 2.73. The van der Waals surface area contributed by atoms with E-state index in [1.54, 1.807) is 35.4 Å². The summed E-state index contributed by atoms with van der Waals surface area (Å²) in [5.74, 6) is 0.0689. The Morgan fingerprint density at radius 2 is 1.84 bits per heavy atom. The lowest BCUT2D eigenvalue weighted by atomic mass is 9.97. The summed E-state index contributed by atoms with van der Waals surface area (Å²) in [6, 6.07) is 8.63. The van der Waals surface area contributed by atoms with Gasteiger partial charge < -0.3 is 10.2 Å². The van der Waals surface area contributed by atoms with Gasteiger partial charge in [0.2, 0.25) is 21.8 Å². The number of sulfonamides is 1. The van der Waals surface area contributed by atoms with Crippen molar-refractivity contribution in [3.05, 3.63) is 47.7 Å². The van der Waals surface area contributed by atoms with Crippen molar-refractivity contribution in [1.29, 1.82) is 0 Å². The van der Waals surface area contributed by atoms with Crippen LogP contribution in [0.2, 0.25) is 0 Å². The Bertz CT molecular complexity index is 1140. The zero-order valence-corrected chi connectivity index (χ0v) is 19.4. The molecule has 2 aromatic rings. The maximum atomic E-state index is 13.2. The van der Waals surface area contributed by atoms with Crippen LogP contribution in [-0.4, -0.2) is 48.7 Å². The van der Waals surface area contributed by atoms with E-state index in [1.807, 2.05) is 19.9 Å². The number of nitrogens with one attached hydrogen (secondary N) is 1. The summed E-state index contributed by atoms with van der Waals surface area (Å²) in [6.45, 7) is 5.97. The molecule has 0 radical (unpaired) electrons. The van der Waals surface area contributed by atoms with Crippen LogP contribution < -0.4 is 10.2 Å². The van der Waals surface area contributed by atoms with Gasteiger partial charge in [0, 0.05) is 43.9 Å². The first-order valence-corrected chi connectivity index (χ1v) is 12.3. The number of piperidine rings is 1. The van der Waals surface area contributed by atoms with Gasteiger partial charge in [-0.2, -0.15) is 4.31 Å². The summed E-state index contributed by atoms with van der Waals surface area (Å²) in [4.78, 5) is 30.6. The highest BCUT2D eigenvalue weighted by Crippen LogP contribution is 2.35. The van der Waals surface area contributed by atoms with Gasteiger partial charge in [-0.3, -0.25) is 9.59 Å². The van der Waals surface area contributed by atoms with Crippen LogP contribution in [0.25, 0.3) is 0 Å². The number of pyridine rings is 1. The number of aryl methyl sites for hydroxylation is 1. The van der Waals surface area contributed by atoms with E-state index in [2.05, 4.69) is 10.3 Å². The highest BCUT2D eigenvalue weighted by molar-refractivity contribution is 7.89. The van der Waals surface area contributed by atoms with Crippen LogP contribution in [0.4, 0.5) is 11.5 Å². The predicted molar refractivity (Wildman–Crippen MR) is 122 cm³/mol. The number of carbonyl (C=O) groups excluding carboxylic acids is 2. The summed E-state index contributed by atoms with van der Waals surface area (Å²) in [5.41, 5.74) is 2.66. The van der Waals surface area contributed by atoms with Crippen LogP contribution in [0.5, 0.6) is 0 Å². The van der Waals surface area contributed by atoms with Crippen LogP contribution in [-0.2, 0) is 26.0 Å². The standard InChI is InChI=1S/C23H28N4O4S/c1-15-4-7-22(24-14-15)25-23(29)18-8-10-26(11-9-18)32(30,31)20-5-6-21-19(13-20)12-16(2)27(21)17(3)28/h4-7,13-14,16,18H,8-12H2,1-3H3,(H,24,25,29)/t16-/m0/s1. The fourth-order valence-corrected chi connectivity index (χ4v) is 6.05. The van der Waals surface area contributed by atoms with E-state index in [1.165, 1.54) is 11.2 Å². The van der Waals surface area contributed by atoms with Crippen LogP contribution in [0, 0.1) is 12.8 Å². The maximum Gasteiger partial charge on any atom is 0.243 e. The van der Waals surface area contributed by atoms with E-state index >= 15 is 0 Å². The molecule has 0 unspecified atom stereocenters. The van der Waals surface area contributed by atoms with E-state index in [4.69, 9.17) is 0 Å². The molecule has 1 aromatic carbocycles. The molecule has 0 saturated carbocycles. The summed E-state index contributed by atoms with van der Waals surface area (Å²) >= 11 is 0. The SMILES string of the molecule is CC(=O)N1c2ccc(S(=O)(=O)N3CCC(C(=O)Nc4ccc(C)cn4)CC3)cc2C[C@@H]1C. The number of hydrogen-bond donors (Lipinski definition) is 1. The first-order valence-electron chi connectivity index (χ1n) is 10.8. The van der Waals surface area contributed by atoms with Gasteiger partial charge in [0.15, 0.2) is 0 Å². The van der Waals surface area contributed by atoms with Crippen molar-refractivity contribution < 1.29 is 18.0 Å². The van der Waals surface area contributed by atoms with Gasteiger partial charge >= 0.3 is 0 Å². The Hall–Kier alpha value is -2.78. The Morgan fingerprint density at radius 1 is 1.12 bits per heavy atom. The molecule has 0 spiro atoms. The molecule has 1 N–H and O–H groups in total. The number of aromatic nitrogens is 1. The van der Waals surface area contributed by atoms with Gasteiger partial charge in [0.25, 0.3) is 0 Å². The molecule has 1 fully saturated rings. The zero-order chi connectivity index (χ0) is 23.0. The Labute approximate surface area is 188 Å². The van der Waals surface area contributed by atoms with Crippen LogP contribution >= 0.6 is 0 Å². The second-order valence-electron chi connectivity index (χ2n) is 8.62. The molecule has 8 nitrogen and oxygen atoms in total. The number of hydrogen-bond acceptors (Lipinski definition) is 5. The molecular formula is C23H28N4O4S. The van der Waals surface area contributed by atoms with Gasteiger partial charge in [-0.1, -0.05) is 6.07 Å². The zero-order valence-electron chi connectivity index (χ0n) is 18.5. The molecule has 2 aliphatic rings. The van der Waals surface area contributed by atoms with Crippen molar-refractivity contribution in [3.63, 3.8) is 0 Å². The summed E-state index contributed by atoms with van der Waals surface area (Å²) < 4.78 is 27.9. The van der Waals surface area contributed by atoms with Gasteiger partial charge in [0.1, 0.15) is 5.82 Å². The van der Waals surface area contributed by atoms with Crippen molar-refractivity contribution in [2.75, 3.05) is 23.3 Å². The number of carbonyl (C=O) groups is 2. The van der Waals surface area contributed by atoms with Crippen LogP contribution in [0.3, 0.4) is 0 Å². The largest absolute Gasteiger partial charge is 0.310 e. The molecule has 3 heterocycles. The number of benzene rings is 1. The molecule has 1 atom stereocenters. The molecule has 0 aliphatic carbocycles. The summed E-state index contributed by atoms with van der Waals surface area (Å²) in [5, 5.41) is 2.82. The van der Waals surface area contributed by atoms with Crippen LogP contribution in [0.15, 0.2) is 41.4 Å². The molecule has 170 valence electrons. The molecule has 9 heteroatoms. The minimum absolute atomic E-state index is 0.0118. The minimum atomic E-state index is -3.67. The first kappa shape index (κ1) is 22.4. The lowest BCUT2D eigenvalue weighted by Gasteiger charge is -2.30. The minimum Gasteiger partial charge on any atom is -0.310 e. The van der Waals surface area contributed by atoms with Gasteiger partial charge in [-0.25, -0.2) is 13.4 Å². The monoisotopic (exact) mass is 456 g/mol. The van der Waals surface area contributed by atoms with Crippen LogP contribution in [0.1, 0.15) is 37.8 Å². The second kappa shape index (κ2) is 8.63. The smallest absolute Gasteiger partial charge is 0.243 e. The number of nitrogens with zero attached hydrogens (tertiary/aromatic N) is 3. The van der Waals surface area contributed by atoms with E-state index in [0.717, 1.165) is 16.8 Å². The molecule has 1 aromatic heterocycles. The molecule has 1 saturated heterocycles. The van der Waals surface area contributed by atoms with Crippen molar-refractivity contribution >= 4 is 33.3 Å². The fourth-order valence-electron chi connectivity index (χ4n) is 4.53. The van der Waals surface area contributed by atoms with E-state index in [9.17, 15) is 18.0 Å². The average Bonchev–Trinajstić information content (AvgIpc) is 3.10. The number of anilines is 2. The number of rotatable bonds is 4. The van der Waals surface area contributed by atoms with Gasteiger partial charge in [-0.15, -0.1) is 0 Å². The molecule has 2 aliphatic heterocycles. The first-order chi connectivity index (χ1) is 15.2. The Kier molecular flexibility index (Phi) is 6.05. The molecule has 0 bridgehead atoms. The molecular weight excluding hydrogens is 428 g/mol.